The summed E-state index contributed by atoms with van der Waals surface area (Å²) in [5, 5.41) is 0. The number of carbonyl (C=O) groups excluding carboxylic acids is 1. The lowest BCUT2D eigenvalue weighted by Crippen LogP contribution is -2.03. The van der Waals surface area contributed by atoms with Crippen LogP contribution in [0.15, 0.2) is 12.7 Å². The molecule has 0 radical (unpaired) electrons. The van der Waals surface area contributed by atoms with Crippen molar-refractivity contribution in [3.05, 3.63) is 12.7 Å². The van der Waals surface area contributed by atoms with E-state index in [2.05, 4.69) is 20.4 Å². The third kappa shape index (κ3) is 22.5. The van der Waals surface area contributed by atoms with Crippen LogP contribution in [-0.4, -0.2) is 38.6 Å². The van der Waals surface area contributed by atoms with Gasteiger partial charge in [-0.15, -0.1) is 0 Å². The molecular weight excluding hydrogens is 178 g/mol. The number of rotatable bonds is 4. The second-order valence-electron chi connectivity index (χ2n) is 3.90. The first-order chi connectivity index (χ1) is 6.40. The first-order valence-corrected chi connectivity index (χ1v) is 4.80. The van der Waals surface area contributed by atoms with E-state index in [1.807, 2.05) is 26.0 Å². The zero-order valence-corrected chi connectivity index (χ0v) is 10.0. The van der Waals surface area contributed by atoms with Gasteiger partial charge in [-0.3, -0.25) is 0 Å². The molecule has 0 fully saturated rings. The predicted octanol–water partition coefficient (Wildman–Crippen LogP) is 1.94. The SMILES string of the molecule is C=CC(=O)OCCC(C)C.CN(C)C. The molecule has 0 saturated heterocycles. The van der Waals surface area contributed by atoms with Gasteiger partial charge in [0.25, 0.3) is 0 Å². The Labute approximate surface area is 87.7 Å². The zero-order valence-electron chi connectivity index (χ0n) is 10.0. The summed E-state index contributed by atoms with van der Waals surface area (Å²) in [6.45, 7) is 7.96. The van der Waals surface area contributed by atoms with Crippen molar-refractivity contribution in [2.45, 2.75) is 20.3 Å². The summed E-state index contributed by atoms with van der Waals surface area (Å²) in [6.07, 6.45) is 2.10. The van der Waals surface area contributed by atoms with E-state index in [4.69, 9.17) is 4.74 Å². The molecule has 3 nitrogen and oxygen atoms in total. The average Bonchev–Trinajstić information content (AvgIpc) is 2.02. The molecule has 0 spiro atoms. The summed E-state index contributed by atoms with van der Waals surface area (Å²) in [5.41, 5.74) is 0. The first-order valence-electron chi connectivity index (χ1n) is 4.80. The number of hydrogen-bond donors (Lipinski definition) is 0. The van der Waals surface area contributed by atoms with E-state index in [9.17, 15) is 4.79 Å². The lowest BCUT2D eigenvalue weighted by atomic mass is 10.1. The lowest BCUT2D eigenvalue weighted by molar-refractivity contribution is -0.138. The lowest BCUT2D eigenvalue weighted by Gasteiger charge is -2.03. The third-order valence-corrected chi connectivity index (χ3v) is 1.11. The van der Waals surface area contributed by atoms with Gasteiger partial charge in [0.1, 0.15) is 0 Å². The molecule has 0 saturated carbocycles. The van der Waals surface area contributed by atoms with E-state index in [0.29, 0.717) is 12.5 Å². The van der Waals surface area contributed by atoms with Gasteiger partial charge in [-0.2, -0.15) is 0 Å². The van der Waals surface area contributed by atoms with E-state index in [0.717, 1.165) is 6.42 Å². The molecule has 0 aliphatic carbocycles. The van der Waals surface area contributed by atoms with Crippen LogP contribution >= 0.6 is 0 Å². The molecule has 0 heterocycles. The van der Waals surface area contributed by atoms with Crippen molar-refractivity contribution < 1.29 is 9.53 Å². The summed E-state index contributed by atoms with van der Waals surface area (Å²) >= 11 is 0. The average molecular weight is 201 g/mol. The number of esters is 1. The van der Waals surface area contributed by atoms with Gasteiger partial charge in [0.05, 0.1) is 6.61 Å². The topological polar surface area (TPSA) is 29.5 Å². The van der Waals surface area contributed by atoms with Crippen LogP contribution < -0.4 is 0 Å². The van der Waals surface area contributed by atoms with Crippen LogP contribution in [0.1, 0.15) is 20.3 Å². The zero-order chi connectivity index (χ0) is 11.6. The molecule has 0 unspecified atom stereocenters. The molecule has 0 atom stereocenters. The molecule has 0 aromatic heterocycles. The maximum atomic E-state index is 10.5. The van der Waals surface area contributed by atoms with Crippen LogP contribution in [0.25, 0.3) is 0 Å². The summed E-state index contributed by atoms with van der Waals surface area (Å²) < 4.78 is 4.74. The van der Waals surface area contributed by atoms with E-state index < -0.39 is 0 Å². The number of nitrogens with zero attached hydrogens (tertiary/aromatic N) is 1. The summed E-state index contributed by atoms with van der Waals surface area (Å²) in [4.78, 5) is 12.5. The van der Waals surface area contributed by atoms with Gasteiger partial charge in [0.15, 0.2) is 0 Å². The monoisotopic (exact) mass is 201 g/mol. The molecular formula is C11H23NO2. The molecule has 0 aromatic rings. The molecule has 0 amide bonds. The van der Waals surface area contributed by atoms with Crippen molar-refractivity contribution >= 4 is 5.97 Å². The Morgan fingerprint density at radius 3 is 2.14 bits per heavy atom. The van der Waals surface area contributed by atoms with Gasteiger partial charge in [0, 0.05) is 6.08 Å². The largest absolute Gasteiger partial charge is 0.463 e. The third-order valence-electron chi connectivity index (χ3n) is 1.11. The van der Waals surface area contributed by atoms with E-state index in [1.54, 1.807) is 0 Å². The number of hydrogen-bond acceptors (Lipinski definition) is 3. The van der Waals surface area contributed by atoms with Gasteiger partial charge >= 0.3 is 5.97 Å². The fraction of sp³-hybridized carbons (Fsp3) is 0.727. The second kappa shape index (κ2) is 10.3. The summed E-state index contributed by atoms with van der Waals surface area (Å²) in [5.74, 6) is 0.248. The van der Waals surface area contributed by atoms with E-state index >= 15 is 0 Å². The molecule has 0 rings (SSSR count). The predicted molar refractivity (Wildman–Crippen MR) is 60.2 cm³/mol. The van der Waals surface area contributed by atoms with Crippen molar-refractivity contribution in [1.29, 1.82) is 0 Å². The van der Waals surface area contributed by atoms with Crippen molar-refractivity contribution in [1.82, 2.24) is 4.90 Å². The van der Waals surface area contributed by atoms with Crippen molar-refractivity contribution in [2.24, 2.45) is 5.92 Å². The maximum absolute atomic E-state index is 10.5. The van der Waals surface area contributed by atoms with Crippen LogP contribution in [-0.2, 0) is 9.53 Å². The van der Waals surface area contributed by atoms with Crippen LogP contribution in [0.2, 0.25) is 0 Å². The van der Waals surface area contributed by atoms with Crippen LogP contribution in [0, 0.1) is 5.92 Å². The highest BCUT2D eigenvalue weighted by atomic mass is 16.5. The van der Waals surface area contributed by atoms with Gasteiger partial charge < -0.3 is 9.64 Å². The van der Waals surface area contributed by atoms with E-state index in [1.165, 1.54) is 6.08 Å². The van der Waals surface area contributed by atoms with Crippen LogP contribution in [0.4, 0.5) is 0 Å². The smallest absolute Gasteiger partial charge is 0.330 e. The van der Waals surface area contributed by atoms with Gasteiger partial charge in [-0.1, -0.05) is 20.4 Å². The van der Waals surface area contributed by atoms with Crippen LogP contribution in [0.5, 0.6) is 0 Å². The Bertz CT molecular complexity index is 151. The van der Waals surface area contributed by atoms with Crippen LogP contribution in [0.3, 0.4) is 0 Å². The first kappa shape index (κ1) is 15.6. The summed E-state index contributed by atoms with van der Waals surface area (Å²) in [7, 11) is 6.00. The molecule has 84 valence electrons. The standard InChI is InChI=1S/C8H14O2.C3H9N/c1-4-8(9)10-6-5-7(2)3;1-4(2)3/h4,7H,1,5-6H2,2-3H3;1-3H3. The fourth-order valence-corrected chi connectivity index (χ4v) is 0.454. The van der Waals surface area contributed by atoms with Crippen molar-refractivity contribution in [2.75, 3.05) is 27.7 Å². The molecule has 0 aliphatic heterocycles. The normalized spacial score (nSPS) is 9.36. The quantitative estimate of drug-likeness (QED) is 0.514. The summed E-state index contributed by atoms with van der Waals surface area (Å²) in [6, 6.07) is 0. The maximum Gasteiger partial charge on any atom is 0.330 e. The highest BCUT2D eigenvalue weighted by Gasteiger charge is 1.96. The highest BCUT2D eigenvalue weighted by molar-refractivity contribution is 5.81. The molecule has 0 N–H and O–H groups in total. The molecule has 0 aromatic carbocycles. The van der Waals surface area contributed by atoms with Crippen molar-refractivity contribution in [3.63, 3.8) is 0 Å². The number of ether oxygens (including phenoxy) is 1. The Hall–Kier alpha value is -0.830. The number of carbonyl (C=O) groups is 1. The van der Waals surface area contributed by atoms with Gasteiger partial charge in [-0.25, -0.2) is 4.79 Å². The van der Waals surface area contributed by atoms with E-state index in [-0.39, 0.29) is 5.97 Å². The highest BCUT2D eigenvalue weighted by Crippen LogP contribution is 1.98. The Morgan fingerprint density at radius 1 is 1.43 bits per heavy atom. The second-order valence-corrected chi connectivity index (χ2v) is 3.90. The Kier molecular flexibility index (Phi) is 11.4. The Balaban J connectivity index is 0. The molecule has 14 heavy (non-hydrogen) atoms. The fourth-order valence-electron chi connectivity index (χ4n) is 0.454. The minimum atomic E-state index is -0.333. The van der Waals surface area contributed by atoms with Crippen molar-refractivity contribution in [3.8, 4) is 0 Å². The van der Waals surface area contributed by atoms with Gasteiger partial charge in [0.2, 0.25) is 0 Å². The molecule has 0 aliphatic rings. The minimum Gasteiger partial charge on any atom is -0.463 e. The molecule has 0 bridgehead atoms. The minimum absolute atomic E-state index is 0.333. The Morgan fingerprint density at radius 2 is 1.86 bits per heavy atom. The molecule has 3 heteroatoms. The van der Waals surface area contributed by atoms with Gasteiger partial charge in [-0.05, 0) is 33.5 Å².